The minimum Gasteiger partial charge on any atom is -0.0807 e. The predicted octanol–water partition coefficient (Wildman–Crippen LogP) is 5.25. The van der Waals surface area contributed by atoms with Gasteiger partial charge in [0.1, 0.15) is 0 Å². The van der Waals surface area contributed by atoms with Crippen molar-refractivity contribution in [2.45, 2.75) is 6.42 Å². The van der Waals surface area contributed by atoms with Gasteiger partial charge in [-0.2, -0.15) is 0 Å². The minimum atomic E-state index is 0.992. The van der Waals surface area contributed by atoms with Gasteiger partial charge in [-0.3, -0.25) is 0 Å². The summed E-state index contributed by atoms with van der Waals surface area (Å²) in [5.74, 6) is 0. The molecule has 0 atom stereocenters. The molecule has 0 aromatic heterocycles. The second kappa shape index (κ2) is 5.53. The topological polar surface area (TPSA) is 0 Å². The number of benzene rings is 2. The first-order valence-electron chi connectivity index (χ1n) is 6.63. The highest BCUT2D eigenvalue weighted by Gasteiger charge is 2.07. The van der Waals surface area contributed by atoms with Gasteiger partial charge < -0.3 is 0 Å². The van der Waals surface area contributed by atoms with Crippen molar-refractivity contribution in [3.63, 3.8) is 0 Å². The van der Waals surface area contributed by atoms with Gasteiger partial charge in [-0.15, -0.1) is 0 Å². The van der Waals surface area contributed by atoms with Crippen LogP contribution in [0.1, 0.15) is 12.0 Å². The summed E-state index contributed by atoms with van der Waals surface area (Å²) in [7, 11) is 0. The number of allylic oxidation sites excluding steroid dienone is 6. The zero-order valence-electron chi connectivity index (χ0n) is 10.8. The third-order valence-corrected chi connectivity index (χ3v) is 3.32. The Kier molecular flexibility index (Phi) is 3.42. The molecule has 0 radical (unpaired) electrons. The first kappa shape index (κ1) is 11.7. The zero-order chi connectivity index (χ0) is 12.9. The Hall–Kier alpha value is -2.34. The van der Waals surface area contributed by atoms with Gasteiger partial charge in [-0.1, -0.05) is 85.0 Å². The van der Waals surface area contributed by atoms with Gasteiger partial charge in [0.05, 0.1) is 0 Å². The summed E-state index contributed by atoms with van der Waals surface area (Å²) >= 11 is 0. The second-order valence-electron chi connectivity index (χ2n) is 4.59. The highest BCUT2D eigenvalue weighted by molar-refractivity contribution is 5.85. The van der Waals surface area contributed by atoms with E-state index >= 15 is 0 Å². The van der Waals surface area contributed by atoms with Crippen LogP contribution in [0.2, 0.25) is 0 Å². The van der Waals surface area contributed by atoms with E-state index in [1.165, 1.54) is 22.3 Å². The molecular formula is C19H16. The molecule has 1 aliphatic rings. The third kappa shape index (κ3) is 2.58. The van der Waals surface area contributed by atoms with Crippen LogP contribution >= 0.6 is 0 Å². The molecule has 0 heteroatoms. The molecule has 0 aliphatic heterocycles. The Balaban J connectivity index is 2.10. The lowest BCUT2D eigenvalue weighted by Crippen LogP contribution is -1.87. The lowest BCUT2D eigenvalue weighted by molar-refractivity contribution is 1.40. The highest BCUT2D eigenvalue weighted by Crippen LogP contribution is 2.30. The molecule has 0 fully saturated rings. The fourth-order valence-corrected chi connectivity index (χ4v) is 2.38. The molecule has 0 bridgehead atoms. The Bertz CT molecular complexity index is 643. The van der Waals surface area contributed by atoms with Crippen LogP contribution in [0.15, 0.2) is 85.0 Å². The van der Waals surface area contributed by atoms with Crippen LogP contribution in [-0.2, 0) is 0 Å². The molecule has 19 heavy (non-hydrogen) atoms. The molecule has 0 nitrogen and oxygen atoms in total. The molecule has 92 valence electrons. The largest absolute Gasteiger partial charge is 0.0807 e. The maximum atomic E-state index is 2.28. The van der Waals surface area contributed by atoms with Gasteiger partial charge in [-0.05, 0) is 28.7 Å². The molecule has 0 N–H and O–H groups in total. The van der Waals surface area contributed by atoms with Gasteiger partial charge in [-0.25, -0.2) is 0 Å². The fraction of sp³-hybridized carbons (Fsp3) is 0.0526. The van der Waals surface area contributed by atoms with Gasteiger partial charge in [0.2, 0.25) is 0 Å². The quantitative estimate of drug-likeness (QED) is 0.676. The second-order valence-corrected chi connectivity index (χ2v) is 4.59. The third-order valence-electron chi connectivity index (χ3n) is 3.32. The number of hydrogen-bond acceptors (Lipinski definition) is 0. The summed E-state index contributed by atoms with van der Waals surface area (Å²) in [6, 6.07) is 19.2. The summed E-state index contributed by atoms with van der Waals surface area (Å²) in [4.78, 5) is 0. The Labute approximate surface area is 114 Å². The molecule has 3 rings (SSSR count). The summed E-state index contributed by atoms with van der Waals surface area (Å²) in [6.45, 7) is 0. The van der Waals surface area contributed by atoms with Gasteiger partial charge in [0.25, 0.3) is 0 Å². The van der Waals surface area contributed by atoms with Crippen LogP contribution in [0.4, 0.5) is 0 Å². The lowest BCUT2D eigenvalue weighted by Gasteiger charge is -2.10. The molecule has 1 aliphatic carbocycles. The Morgan fingerprint density at radius 3 is 2.26 bits per heavy atom. The first-order chi connectivity index (χ1) is 9.45. The van der Waals surface area contributed by atoms with Crippen LogP contribution in [0.25, 0.3) is 16.7 Å². The van der Waals surface area contributed by atoms with E-state index in [2.05, 4.69) is 85.0 Å². The van der Waals surface area contributed by atoms with Gasteiger partial charge in [0.15, 0.2) is 0 Å². The van der Waals surface area contributed by atoms with Crippen molar-refractivity contribution in [1.29, 1.82) is 0 Å². The van der Waals surface area contributed by atoms with E-state index in [1.807, 2.05) is 0 Å². The van der Waals surface area contributed by atoms with Crippen molar-refractivity contribution in [3.8, 4) is 11.1 Å². The zero-order valence-corrected chi connectivity index (χ0v) is 10.8. The average molecular weight is 244 g/mol. The van der Waals surface area contributed by atoms with Crippen molar-refractivity contribution in [2.24, 2.45) is 0 Å². The molecule has 2 aromatic rings. The van der Waals surface area contributed by atoms with Gasteiger partial charge >= 0.3 is 0 Å². The lowest BCUT2D eigenvalue weighted by atomic mass is 9.94. The number of hydrogen-bond donors (Lipinski definition) is 0. The maximum Gasteiger partial charge on any atom is -0.0106 e. The van der Waals surface area contributed by atoms with E-state index in [4.69, 9.17) is 0 Å². The van der Waals surface area contributed by atoms with Crippen LogP contribution in [0, 0.1) is 0 Å². The molecule has 0 saturated carbocycles. The van der Waals surface area contributed by atoms with Crippen LogP contribution in [0.5, 0.6) is 0 Å². The summed E-state index contributed by atoms with van der Waals surface area (Å²) in [5, 5.41) is 0. The average Bonchev–Trinajstić information content (AvgIpc) is 2.77. The minimum absolute atomic E-state index is 0.992. The molecule has 0 spiro atoms. The molecule has 2 aromatic carbocycles. The maximum absolute atomic E-state index is 2.28. The van der Waals surface area contributed by atoms with E-state index < -0.39 is 0 Å². The van der Waals surface area contributed by atoms with Crippen LogP contribution in [0.3, 0.4) is 0 Å². The first-order valence-corrected chi connectivity index (χ1v) is 6.63. The van der Waals surface area contributed by atoms with Crippen LogP contribution < -0.4 is 0 Å². The summed E-state index contributed by atoms with van der Waals surface area (Å²) in [6.07, 6.45) is 11.8. The van der Waals surface area contributed by atoms with Crippen molar-refractivity contribution >= 4 is 5.57 Å². The highest BCUT2D eigenvalue weighted by atomic mass is 14.1. The molecule has 0 amide bonds. The Morgan fingerprint density at radius 1 is 0.684 bits per heavy atom. The van der Waals surface area contributed by atoms with Crippen molar-refractivity contribution in [1.82, 2.24) is 0 Å². The summed E-state index contributed by atoms with van der Waals surface area (Å²) < 4.78 is 0. The van der Waals surface area contributed by atoms with Crippen molar-refractivity contribution in [2.75, 3.05) is 0 Å². The van der Waals surface area contributed by atoms with E-state index in [9.17, 15) is 0 Å². The van der Waals surface area contributed by atoms with E-state index in [0.717, 1.165) is 6.42 Å². The molecular weight excluding hydrogens is 228 g/mol. The smallest absolute Gasteiger partial charge is 0.0106 e. The molecule has 0 saturated heterocycles. The standard InChI is InChI=1S/C19H16/c1-2-5-11-16(10-4-1)18-14-8-9-15-19(18)17-12-6-3-7-13-17/h1-4,6-15H,5H2. The number of rotatable bonds is 2. The van der Waals surface area contributed by atoms with E-state index in [0.29, 0.717) is 0 Å². The van der Waals surface area contributed by atoms with Crippen LogP contribution in [-0.4, -0.2) is 0 Å². The SMILES string of the molecule is C1=CCC=C(c2ccccc2-c2ccccc2)C=C1. The van der Waals surface area contributed by atoms with Gasteiger partial charge in [0, 0.05) is 0 Å². The molecule has 0 unspecified atom stereocenters. The predicted molar refractivity (Wildman–Crippen MR) is 82.8 cm³/mol. The van der Waals surface area contributed by atoms with E-state index in [-0.39, 0.29) is 0 Å². The van der Waals surface area contributed by atoms with E-state index in [1.54, 1.807) is 0 Å². The fourth-order valence-electron chi connectivity index (χ4n) is 2.38. The van der Waals surface area contributed by atoms with Crippen molar-refractivity contribution in [3.05, 3.63) is 90.5 Å². The Morgan fingerprint density at radius 2 is 1.42 bits per heavy atom. The normalized spacial score (nSPS) is 14.0. The van der Waals surface area contributed by atoms with Crippen molar-refractivity contribution < 1.29 is 0 Å². The molecule has 0 heterocycles. The summed E-state index contributed by atoms with van der Waals surface area (Å²) in [5.41, 5.74) is 5.16. The monoisotopic (exact) mass is 244 g/mol.